The van der Waals surface area contributed by atoms with Gasteiger partial charge in [0.25, 0.3) is 0 Å². The molecule has 0 amide bonds. The van der Waals surface area contributed by atoms with Crippen molar-refractivity contribution < 1.29 is 4.74 Å². The highest BCUT2D eigenvalue weighted by atomic mass is 32.1. The molecule has 4 heteroatoms. The fourth-order valence-corrected chi connectivity index (χ4v) is 1.85. The number of nitrogens with zero attached hydrogens (tertiary/aromatic N) is 1. The third-order valence-corrected chi connectivity index (χ3v) is 2.96. The third kappa shape index (κ3) is 6.07. The second kappa shape index (κ2) is 8.02. The smallest absolute Gasteiger partial charge is 0.0753 e. The van der Waals surface area contributed by atoms with Gasteiger partial charge in [0.05, 0.1) is 18.2 Å². The molecule has 1 fully saturated rings. The Morgan fingerprint density at radius 2 is 2.13 bits per heavy atom. The van der Waals surface area contributed by atoms with Crippen LogP contribution in [0.3, 0.4) is 0 Å². The molecule has 1 saturated heterocycles. The van der Waals surface area contributed by atoms with Crippen molar-refractivity contribution in [3.63, 3.8) is 0 Å². The monoisotopic (exact) mass is 230 g/mol. The van der Waals surface area contributed by atoms with E-state index in [1.54, 1.807) is 0 Å². The van der Waals surface area contributed by atoms with Crippen molar-refractivity contribution in [2.24, 2.45) is 0 Å². The first kappa shape index (κ1) is 12.9. The quantitative estimate of drug-likeness (QED) is 0.698. The number of hydrogen-bond donors (Lipinski definition) is 1. The molecule has 0 bridgehead atoms. The van der Waals surface area contributed by atoms with Crippen molar-refractivity contribution in [3.05, 3.63) is 0 Å². The van der Waals surface area contributed by atoms with Gasteiger partial charge in [-0.1, -0.05) is 25.6 Å². The molecule has 1 heterocycles. The van der Waals surface area contributed by atoms with Crippen LogP contribution in [0, 0.1) is 0 Å². The Hall–Kier alpha value is -0.190. The Labute approximate surface area is 98.2 Å². The summed E-state index contributed by atoms with van der Waals surface area (Å²) in [4.78, 5) is 3.43. The molecule has 0 saturated carbocycles. The molecule has 88 valence electrons. The van der Waals surface area contributed by atoms with E-state index >= 15 is 0 Å². The van der Waals surface area contributed by atoms with E-state index in [0.717, 1.165) is 50.8 Å². The summed E-state index contributed by atoms with van der Waals surface area (Å²) in [6, 6.07) is 0. The zero-order valence-corrected chi connectivity index (χ0v) is 10.4. The molecule has 1 aliphatic rings. The van der Waals surface area contributed by atoms with E-state index in [0.29, 0.717) is 0 Å². The van der Waals surface area contributed by atoms with E-state index < -0.39 is 0 Å². The van der Waals surface area contributed by atoms with Gasteiger partial charge in [0.2, 0.25) is 0 Å². The average molecular weight is 230 g/mol. The Kier molecular flexibility index (Phi) is 6.88. The lowest BCUT2D eigenvalue weighted by atomic mass is 10.2. The summed E-state index contributed by atoms with van der Waals surface area (Å²) in [5.74, 6) is 0. The molecular formula is C11H22N2OS. The Morgan fingerprint density at radius 3 is 2.80 bits per heavy atom. The summed E-state index contributed by atoms with van der Waals surface area (Å²) < 4.78 is 5.29. The largest absolute Gasteiger partial charge is 0.379 e. The highest BCUT2D eigenvalue weighted by Gasteiger charge is 2.09. The topological polar surface area (TPSA) is 24.5 Å². The summed E-state index contributed by atoms with van der Waals surface area (Å²) in [7, 11) is 0. The minimum absolute atomic E-state index is 0.875. The number of unbranched alkanes of at least 4 members (excludes halogenated alkanes) is 1. The lowest BCUT2D eigenvalue weighted by Crippen LogP contribution is -2.41. The van der Waals surface area contributed by atoms with Crippen molar-refractivity contribution in [2.45, 2.75) is 26.2 Å². The first-order valence-electron chi connectivity index (χ1n) is 5.89. The Balaban J connectivity index is 1.97. The second-order valence-corrected chi connectivity index (χ2v) is 4.40. The standard InChI is InChI=1S/C11H22N2OS/c1-2-3-4-11(15)12-5-6-13-7-9-14-10-8-13/h2-10H2,1H3,(H,12,15). The molecule has 1 rings (SSSR count). The maximum absolute atomic E-state index is 5.29. The third-order valence-electron chi connectivity index (χ3n) is 2.61. The van der Waals surface area contributed by atoms with Crippen molar-refractivity contribution in [1.82, 2.24) is 10.2 Å². The molecule has 0 atom stereocenters. The maximum atomic E-state index is 5.29. The van der Waals surface area contributed by atoms with Crippen LogP contribution in [0.1, 0.15) is 26.2 Å². The van der Waals surface area contributed by atoms with Crippen molar-refractivity contribution in [3.8, 4) is 0 Å². The van der Waals surface area contributed by atoms with Crippen LogP contribution in [-0.4, -0.2) is 49.3 Å². The van der Waals surface area contributed by atoms with E-state index in [4.69, 9.17) is 17.0 Å². The van der Waals surface area contributed by atoms with Gasteiger partial charge in [0.15, 0.2) is 0 Å². The molecule has 3 nitrogen and oxygen atoms in total. The molecule has 0 radical (unpaired) electrons. The van der Waals surface area contributed by atoms with Crippen LogP contribution in [0.5, 0.6) is 0 Å². The van der Waals surface area contributed by atoms with E-state index in [2.05, 4.69) is 17.1 Å². The Bertz CT molecular complexity index is 181. The molecule has 0 aromatic carbocycles. The fourth-order valence-electron chi connectivity index (χ4n) is 1.60. The Morgan fingerprint density at radius 1 is 1.40 bits per heavy atom. The molecule has 0 aromatic heterocycles. The van der Waals surface area contributed by atoms with E-state index in [9.17, 15) is 0 Å². The van der Waals surface area contributed by atoms with Gasteiger partial charge in [-0.15, -0.1) is 0 Å². The lowest BCUT2D eigenvalue weighted by Gasteiger charge is -2.26. The minimum Gasteiger partial charge on any atom is -0.379 e. The first-order chi connectivity index (χ1) is 7.33. The van der Waals surface area contributed by atoms with E-state index in [1.807, 2.05) is 0 Å². The summed E-state index contributed by atoms with van der Waals surface area (Å²) in [5.41, 5.74) is 0. The van der Waals surface area contributed by atoms with Crippen LogP contribution in [0.4, 0.5) is 0 Å². The molecule has 0 aliphatic carbocycles. The zero-order chi connectivity index (χ0) is 10.9. The van der Waals surface area contributed by atoms with Crippen molar-refractivity contribution in [1.29, 1.82) is 0 Å². The molecule has 1 N–H and O–H groups in total. The number of nitrogens with one attached hydrogen (secondary N) is 1. The van der Waals surface area contributed by atoms with Crippen molar-refractivity contribution in [2.75, 3.05) is 39.4 Å². The van der Waals surface area contributed by atoms with Crippen LogP contribution in [-0.2, 0) is 4.74 Å². The first-order valence-corrected chi connectivity index (χ1v) is 6.30. The molecule has 0 aromatic rings. The van der Waals surface area contributed by atoms with E-state index in [-0.39, 0.29) is 0 Å². The number of ether oxygens (including phenoxy) is 1. The van der Waals surface area contributed by atoms with Crippen LogP contribution < -0.4 is 5.32 Å². The van der Waals surface area contributed by atoms with Gasteiger partial charge in [0, 0.05) is 26.2 Å². The molecule has 1 aliphatic heterocycles. The van der Waals surface area contributed by atoms with Gasteiger partial charge >= 0.3 is 0 Å². The van der Waals surface area contributed by atoms with Crippen LogP contribution in [0.2, 0.25) is 0 Å². The van der Waals surface area contributed by atoms with Gasteiger partial charge in [-0.2, -0.15) is 0 Å². The predicted molar refractivity (Wildman–Crippen MR) is 67.4 cm³/mol. The second-order valence-electron chi connectivity index (χ2n) is 3.91. The van der Waals surface area contributed by atoms with Gasteiger partial charge in [-0.25, -0.2) is 0 Å². The van der Waals surface area contributed by atoms with Crippen LogP contribution in [0.25, 0.3) is 0 Å². The zero-order valence-electron chi connectivity index (χ0n) is 9.63. The number of rotatable bonds is 6. The van der Waals surface area contributed by atoms with Crippen LogP contribution >= 0.6 is 12.2 Å². The van der Waals surface area contributed by atoms with Gasteiger partial charge in [0.1, 0.15) is 0 Å². The average Bonchev–Trinajstić information content (AvgIpc) is 2.28. The molecule has 0 spiro atoms. The van der Waals surface area contributed by atoms with Gasteiger partial charge < -0.3 is 10.1 Å². The predicted octanol–water partition coefficient (Wildman–Crippen LogP) is 1.43. The van der Waals surface area contributed by atoms with Crippen molar-refractivity contribution >= 4 is 17.2 Å². The molecular weight excluding hydrogens is 208 g/mol. The highest BCUT2D eigenvalue weighted by molar-refractivity contribution is 7.80. The lowest BCUT2D eigenvalue weighted by molar-refractivity contribution is 0.0389. The number of morpholine rings is 1. The SMILES string of the molecule is CCCCC(=S)NCCN1CCOCC1. The van der Waals surface area contributed by atoms with Gasteiger partial charge in [-0.05, 0) is 12.8 Å². The summed E-state index contributed by atoms with van der Waals surface area (Å²) in [6.07, 6.45) is 3.45. The number of thiocarbonyl (C=S) groups is 1. The summed E-state index contributed by atoms with van der Waals surface area (Å²) in [5, 5.41) is 3.31. The highest BCUT2D eigenvalue weighted by Crippen LogP contribution is 1.97. The molecule has 15 heavy (non-hydrogen) atoms. The van der Waals surface area contributed by atoms with E-state index in [1.165, 1.54) is 12.8 Å². The fraction of sp³-hybridized carbons (Fsp3) is 0.909. The summed E-state index contributed by atoms with van der Waals surface area (Å²) >= 11 is 5.23. The summed E-state index contributed by atoms with van der Waals surface area (Å²) in [6.45, 7) is 8.11. The van der Waals surface area contributed by atoms with Gasteiger partial charge in [-0.3, -0.25) is 4.90 Å². The number of hydrogen-bond acceptors (Lipinski definition) is 3. The van der Waals surface area contributed by atoms with Crippen LogP contribution in [0.15, 0.2) is 0 Å². The minimum atomic E-state index is 0.875. The molecule has 0 unspecified atom stereocenters. The normalized spacial score (nSPS) is 17.7. The maximum Gasteiger partial charge on any atom is 0.0753 e.